The third kappa shape index (κ3) is 3.26. The Kier molecular flexibility index (Phi) is 4.25. The van der Waals surface area contributed by atoms with Crippen LogP contribution in [0.3, 0.4) is 0 Å². The average Bonchev–Trinajstić information content (AvgIpc) is 2.41. The molecule has 5 nitrogen and oxygen atoms in total. The lowest BCUT2D eigenvalue weighted by molar-refractivity contribution is 0.0983. The Balaban J connectivity index is 1.99. The van der Waals surface area contributed by atoms with E-state index in [9.17, 15) is 9.90 Å². The quantitative estimate of drug-likeness (QED) is 0.796. The van der Waals surface area contributed by atoms with Crippen molar-refractivity contribution in [2.75, 3.05) is 5.32 Å². The standard InChI is InChI=1S/C13H19N3O2/c1-2-12(18)11-7-8-14-13(16-11)15-9-3-5-10(17)6-4-9/h7-10,17H,2-6H2,1H3,(H,14,15,16). The molecule has 0 spiro atoms. The van der Waals surface area contributed by atoms with E-state index in [1.807, 2.05) is 6.92 Å². The fraction of sp³-hybridized carbons (Fsp3) is 0.615. The van der Waals surface area contributed by atoms with E-state index in [4.69, 9.17) is 0 Å². The van der Waals surface area contributed by atoms with Gasteiger partial charge in [-0.05, 0) is 31.7 Å². The molecule has 1 aliphatic carbocycles. The molecule has 0 aliphatic heterocycles. The van der Waals surface area contributed by atoms with Crippen LogP contribution in [0.5, 0.6) is 0 Å². The normalized spacial score (nSPS) is 23.7. The molecule has 0 atom stereocenters. The van der Waals surface area contributed by atoms with Gasteiger partial charge in [-0.25, -0.2) is 9.97 Å². The van der Waals surface area contributed by atoms with Crippen LogP contribution in [0.4, 0.5) is 5.95 Å². The number of carbonyl (C=O) groups is 1. The molecule has 2 rings (SSSR count). The Bertz CT molecular complexity index is 414. The van der Waals surface area contributed by atoms with Crippen LogP contribution in [0.25, 0.3) is 0 Å². The van der Waals surface area contributed by atoms with Crippen molar-refractivity contribution in [1.29, 1.82) is 0 Å². The van der Waals surface area contributed by atoms with Crippen molar-refractivity contribution in [3.8, 4) is 0 Å². The number of hydrogen-bond acceptors (Lipinski definition) is 5. The SMILES string of the molecule is CCC(=O)c1ccnc(NC2CCC(O)CC2)n1. The van der Waals surface area contributed by atoms with Crippen molar-refractivity contribution in [3.63, 3.8) is 0 Å². The van der Waals surface area contributed by atoms with Gasteiger partial charge in [0.25, 0.3) is 0 Å². The van der Waals surface area contributed by atoms with Crippen LogP contribution >= 0.6 is 0 Å². The van der Waals surface area contributed by atoms with E-state index in [-0.39, 0.29) is 11.9 Å². The fourth-order valence-corrected chi connectivity index (χ4v) is 2.17. The summed E-state index contributed by atoms with van der Waals surface area (Å²) in [6, 6.07) is 1.93. The zero-order chi connectivity index (χ0) is 13.0. The first-order chi connectivity index (χ1) is 8.69. The Morgan fingerprint density at radius 2 is 2.17 bits per heavy atom. The summed E-state index contributed by atoms with van der Waals surface area (Å²) in [6.45, 7) is 1.82. The predicted octanol–water partition coefficient (Wildman–Crippen LogP) is 1.78. The van der Waals surface area contributed by atoms with Gasteiger partial charge < -0.3 is 10.4 Å². The molecule has 1 saturated carbocycles. The lowest BCUT2D eigenvalue weighted by Gasteiger charge is -2.26. The molecular weight excluding hydrogens is 230 g/mol. The molecular formula is C13H19N3O2. The number of aliphatic hydroxyl groups excluding tert-OH is 1. The average molecular weight is 249 g/mol. The van der Waals surface area contributed by atoms with Gasteiger partial charge in [-0.3, -0.25) is 4.79 Å². The summed E-state index contributed by atoms with van der Waals surface area (Å²) in [7, 11) is 0. The second-order valence-electron chi connectivity index (χ2n) is 4.69. The number of aromatic nitrogens is 2. The molecule has 98 valence electrons. The Labute approximate surface area is 107 Å². The highest BCUT2D eigenvalue weighted by molar-refractivity contribution is 5.94. The minimum Gasteiger partial charge on any atom is -0.393 e. The molecule has 0 aromatic carbocycles. The number of nitrogens with one attached hydrogen (secondary N) is 1. The van der Waals surface area contributed by atoms with Gasteiger partial charge in [0.1, 0.15) is 5.69 Å². The maximum Gasteiger partial charge on any atom is 0.223 e. The molecule has 0 unspecified atom stereocenters. The second-order valence-corrected chi connectivity index (χ2v) is 4.69. The second kappa shape index (κ2) is 5.91. The van der Waals surface area contributed by atoms with E-state index in [0.717, 1.165) is 25.7 Å². The lowest BCUT2D eigenvalue weighted by atomic mass is 9.93. The summed E-state index contributed by atoms with van der Waals surface area (Å²) in [5.74, 6) is 0.537. The molecule has 1 aromatic rings. The minimum atomic E-state index is -0.169. The van der Waals surface area contributed by atoms with Crippen molar-refractivity contribution < 1.29 is 9.90 Å². The van der Waals surface area contributed by atoms with Crippen molar-refractivity contribution in [1.82, 2.24) is 9.97 Å². The predicted molar refractivity (Wildman–Crippen MR) is 68.5 cm³/mol. The highest BCUT2D eigenvalue weighted by Gasteiger charge is 2.20. The van der Waals surface area contributed by atoms with Crippen molar-refractivity contribution in [3.05, 3.63) is 18.0 Å². The Morgan fingerprint density at radius 1 is 1.44 bits per heavy atom. The van der Waals surface area contributed by atoms with Crippen LogP contribution in [-0.4, -0.2) is 33.0 Å². The van der Waals surface area contributed by atoms with E-state index in [1.165, 1.54) is 0 Å². The van der Waals surface area contributed by atoms with Gasteiger partial charge in [-0.1, -0.05) is 6.92 Å². The lowest BCUT2D eigenvalue weighted by Crippen LogP contribution is -2.29. The van der Waals surface area contributed by atoms with Crippen LogP contribution in [0, 0.1) is 0 Å². The third-order valence-electron chi connectivity index (χ3n) is 3.29. The highest BCUT2D eigenvalue weighted by atomic mass is 16.3. The largest absolute Gasteiger partial charge is 0.393 e. The Hall–Kier alpha value is -1.49. The fourth-order valence-electron chi connectivity index (χ4n) is 2.17. The molecule has 0 bridgehead atoms. The molecule has 1 heterocycles. The number of carbonyl (C=O) groups excluding carboxylic acids is 1. The summed E-state index contributed by atoms with van der Waals surface area (Å²) in [4.78, 5) is 19.9. The van der Waals surface area contributed by atoms with Gasteiger partial charge in [0, 0.05) is 18.7 Å². The monoisotopic (exact) mass is 249 g/mol. The molecule has 0 radical (unpaired) electrons. The summed E-state index contributed by atoms with van der Waals surface area (Å²) < 4.78 is 0. The maximum absolute atomic E-state index is 11.5. The summed E-state index contributed by atoms with van der Waals surface area (Å²) in [5.41, 5.74) is 0.464. The number of anilines is 1. The smallest absolute Gasteiger partial charge is 0.223 e. The van der Waals surface area contributed by atoms with Gasteiger partial charge in [-0.2, -0.15) is 0 Å². The number of Topliss-reactive ketones (excluding diaryl/α,β-unsaturated/α-hetero) is 1. The molecule has 18 heavy (non-hydrogen) atoms. The molecule has 1 aromatic heterocycles. The van der Waals surface area contributed by atoms with Crippen LogP contribution in [-0.2, 0) is 0 Å². The minimum absolute atomic E-state index is 0.0273. The summed E-state index contributed by atoms with van der Waals surface area (Å²) in [6.07, 6.45) is 5.34. The molecule has 0 saturated heterocycles. The number of rotatable bonds is 4. The zero-order valence-electron chi connectivity index (χ0n) is 10.6. The molecule has 2 N–H and O–H groups in total. The van der Waals surface area contributed by atoms with E-state index in [1.54, 1.807) is 12.3 Å². The number of ketones is 1. The molecule has 1 aliphatic rings. The van der Waals surface area contributed by atoms with Crippen LogP contribution in [0.15, 0.2) is 12.3 Å². The molecule has 1 fully saturated rings. The summed E-state index contributed by atoms with van der Waals surface area (Å²) in [5, 5.41) is 12.7. The molecule has 5 heteroatoms. The first-order valence-corrected chi connectivity index (χ1v) is 6.50. The topological polar surface area (TPSA) is 75.1 Å². The van der Waals surface area contributed by atoms with Gasteiger partial charge >= 0.3 is 0 Å². The van der Waals surface area contributed by atoms with Crippen molar-refractivity contribution in [2.24, 2.45) is 0 Å². The third-order valence-corrected chi connectivity index (χ3v) is 3.29. The van der Waals surface area contributed by atoms with Crippen LogP contribution in [0.1, 0.15) is 49.5 Å². The highest BCUT2D eigenvalue weighted by Crippen LogP contribution is 2.20. The first-order valence-electron chi connectivity index (χ1n) is 6.50. The number of hydrogen-bond donors (Lipinski definition) is 2. The van der Waals surface area contributed by atoms with E-state index < -0.39 is 0 Å². The van der Waals surface area contributed by atoms with E-state index >= 15 is 0 Å². The van der Waals surface area contributed by atoms with Gasteiger partial charge in [0.2, 0.25) is 5.95 Å². The van der Waals surface area contributed by atoms with Crippen molar-refractivity contribution in [2.45, 2.75) is 51.2 Å². The number of nitrogens with zero attached hydrogens (tertiary/aromatic N) is 2. The number of aliphatic hydroxyl groups is 1. The van der Waals surface area contributed by atoms with Crippen molar-refractivity contribution >= 4 is 11.7 Å². The van der Waals surface area contributed by atoms with Gasteiger partial charge in [0.05, 0.1) is 6.10 Å². The van der Waals surface area contributed by atoms with Crippen LogP contribution in [0.2, 0.25) is 0 Å². The van der Waals surface area contributed by atoms with Gasteiger partial charge in [-0.15, -0.1) is 0 Å². The van der Waals surface area contributed by atoms with Crippen LogP contribution < -0.4 is 5.32 Å². The molecule has 0 amide bonds. The zero-order valence-corrected chi connectivity index (χ0v) is 10.6. The first kappa shape index (κ1) is 13.0. The van der Waals surface area contributed by atoms with E-state index in [2.05, 4.69) is 15.3 Å². The Morgan fingerprint density at radius 3 is 2.83 bits per heavy atom. The van der Waals surface area contributed by atoms with Gasteiger partial charge in [0.15, 0.2) is 5.78 Å². The summed E-state index contributed by atoms with van der Waals surface area (Å²) >= 11 is 0. The van der Waals surface area contributed by atoms with E-state index in [0.29, 0.717) is 24.1 Å². The maximum atomic E-state index is 11.5.